The molecule has 1 aliphatic heterocycles. The fourth-order valence-corrected chi connectivity index (χ4v) is 3.61. The third-order valence-corrected chi connectivity index (χ3v) is 6.28. The van der Waals surface area contributed by atoms with Crippen LogP contribution in [0.4, 0.5) is 9.59 Å². The minimum atomic E-state index is -0.621. The van der Waals surface area contributed by atoms with Gasteiger partial charge in [0.25, 0.3) is 0 Å². The van der Waals surface area contributed by atoms with Crippen LogP contribution < -0.4 is 10.8 Å². The maximum absolute atomic E-state index is 13.1. The molecule has 1 aromatic carbocycles. The van der Waals surface area contributed by atoms with Crippen molar-refractivity contribution in [2.24, 2.45) is 0 Å². The molecular weight excluding hydrogens is 459 g/mol. The molecule has 1 saturated heterocycles. The van der Waals surface area contributed by atoms with E-state index in [1.54, 1.807) is 4.90 Å². The van der Waals surface area contributed by atoms with Crippen molar-refractivity contribution < 1.29 is 28.4 Å². The molecule has 2 amide bonds. The number of alkyl carbamates (subject to hydrolysis) is 1. The van der Waals surface area contributed by atoms with Crippen LogP contribution in [0.15, 0.2) is 24.3 Å². The third-order valence-electron chi connectivity index (χ3n) is 6.28. The third kappa shape index (κ3) is 8.41. The molecule has 0 aliphatic carbocycles. The first-order valence-corrected chi connectivity index (χ1v) is 12.7. The normalized spacial score (nSPS) is 17.9. The lowest BCUT2D eigenvalue weighted by molar-refractivity contribution is 0.00578. The molecule has 0 bridgehead atoms. The molecule has 1 heterocycles. The molecule has 36 heavy (non-hydrogen) atoms. The summed E-state index contributed by atoms with van der Waals surface area (Å²) in [5.41, 5.74) is -0.122. The van der Waals surface area contributed by atoms with Gasteiger partial charge in [-0.2, -0.15) is 0 Å². The Hall–Kier alpha value is -2.26. The van der Waals surface area contributed by atoms with Crippen LogP contribution >= 0.6 is 0 Å². The highest BCUT2D eigenvalue weighted by Crippen LogP contribution is 2.36. The van der Waals surface area contributed by atoms with Gasteiger partial charge in [0, 0.05) is 13.1 Å². The van der Waals surface area contributed by atoms with E-state index >= 15 is 0 Å². The van der Waals surface area contributed by atoms with Crippen molar-refractivity contribution >= 4 is 24.8 Å². The van der Waals surface area contributed by atoms with E-state index in [0.29, 0.717) is 19.5 Å². The Morgan fingerprint density at radius 3 is 1.92 bits per heavy atom. The van der Waals surface area contributed by atoms with Crippen molar-refractivity contribution in [1.82, 2.24) is 10.2 Å². The number of nitrogens with one attached hydrogen (secondary N) is 1. The second-order valence-electron chi connectivity index (χ2n) is 12.4. The van der Waals surface area contributed by atoms with E-state index < -0.39 is 41.7 Å². The van der Waals surface area contributed by atoms with E-state index in [2.05, 4.69) is 5.32 Å². The molecule has 1 atom stereocenters. The first kappa shape index (κ1) is 30.0. The summed E-state index contributed by atoms with van der Waals surface area (Å²) in [6.45, 7) is 21.8. The maximum atomic E-state index is 13.1. The Morgan fingerprint density at radius 1 is 0.944 bits per heavy atom. The fraction of sp³-hybridized carbons (Fsp3) is 0.704. The van der Waals surface area contributed by atoms with E-state index in [4.69, 9.17) is 18.8 Å². The van der Waals surface area contributed by atoms with Gasteiger partial charge in [0.15, 0.2) is 0 Å². The highest BCUT2D eigenvalue weighted by atomic mass is 16.7. The SMILES string of the molecule is CC(c1ccc(B2OC(C)(C)C(C)(C)O2)cc1)N(CCCNC(=O)OC(C)(C)C)C(=O)OC(C)(C)C. The topological polar surface area (TPSA) is 86.3 Å². The summed E-state index contributed by atoms with van der Waals surface area (Å²) in [7, 11) is -0.444. The van der Waals surface area contributed by atoms with Gasteiger partial charge in [0.1, 0.15) is 11.2 Å². The van der Waals surface area contributed by atoms with Gasteiger partial charge in [-0.05, 0) is 93.6 Å². The molecule has 1 unspecified atom stereocenters. The van der Waals surface area contributed by atoms with E-state index in [1.807, 2.05) is 100 Å². The van der Waals surface area contributed by atoms with Crippen LogP contribution in [0.5, 0.6) is 0 Å². The molecule has 0 radical (unpaired) electrons. The van der Waals surface area contributed by atoms with Crippen LogP contribution in [0.1, 0.15) is 94.2 Å². The lowest BCUT2D eigenvalue weighted by Crippen LogP contribution is -2.41. The van der Waals surface area contributed by atoms with Crippen molar-refractivity contribution in [2.75, 3.05) is 13.1 Å². The van der Waals surface area contributed by atoms with E-state index in [0.717, 1.165) is 11.0 Å². The van der Waals surface area contributed by atoms with Crippen LogP contribution in [0, 0.1) is 0 Å². The average Bonchev–Trinajstić information content (AvgIpc) is 2.92. The molecule has 1 N–H and O–H groups in total. The van der Waals surface area contributed by atoms with Crippen molar-refractivity contribution in [1.29, 1.82) is 0 Å². The van der Waals surface area contributed by atoms with E-state index in [1.165, 1.54) is 0 Å². The smallest absolute Gasteiger partial charge is 0.444 e. The van der Waals surface area contributed by atoms with Gasteiger partial charge in [-0.25, -0.2) is 9.59 Å². The van der Waals surface area contributed by atoms with Gasteiger partial charge in [0.2, 0.25) is 0 Å². The number of hydrogen-bond donors (Lipinski definition) is 1. The monoisotopic (exact) mass is 504 g/mol. The summed E-state index contributed by atoms with van der Waals surface area (Å²) in [4.78, 5) is 26.7. The molecule has 0 aromatic heterocycles. The minimum Gasteiger partial charge on any atom is -0.444 e. The Morgan fingerprint density at radius 2 is 1.44 bits per heavy atom. The predicted molar refractivity (Wildman–Crippen MR) is 142 cm³/mol. The zero-order chi connectivity index (χ0) is 27.5. The van der Waals surface area contributed by atoms with E-state index in [9.17, 15) is 9.59 Å². The molecule has 2 rings (SSSR count). The summed E-state index contributed by atoms with van der Waals surface area (Å²) in [6.07, 6.45) is -0.325. The van der Waals surface area contributed by atoms with Gasteiger partial charge in [0.05, 0.1) is 17.2 Å². The lowest BCUT2D eigenvalue weighted by atomic mass is 9.78. The molecule has 202 valence electrons. The molecule has 1 fully saturated rings. The number of carbonyl (C=O) groups is 2. The lowest BCUT2D eigenvalue weighted by Gasteiger charge is -2.32. The zero-order valence-electron chi connectivity index (χ0n) is 24.0. The first-order chi connectivity index (χ1) is 16.3. The molecule has 9 heteroatoms. The Balaban J connectivity index is 2.09. The summed E-state index contributed by atoms with van der Waals surface area (Å²) in [5.74, 6) is 0. The molecule has 1 aromatic rings. The number of carbonyl (C=O) groups excluding carboxylic acids is 2. The molecule has 0 saturated carbocycles. The van der Waals surface area contributed by atoms with E-state index in [-0.39, 0.29) is 6.04 Å². The quantitative estimate of drug-likeness (QED) is 0.406. The summed E-state index contributed by atoms with van der Waals surface area (Å²) >= 11 is 0. The number of rotatable bonds is 7. The first-order valence-electron chi connectivity index (χ1n) is 12.7. The molecule has 0 spiro atoms. The fourth-order valence-electron chi connectivity index (χ4n) is 3.61. The number of benzene rings is 1. The van der Waals surface area contributed by atoms with Crippen molar-refractivity contribution in [3.05, 3.63) is 29.8 Å². The highest BCUT2D eigenvalue weighted by Gasteiger charge is 2.51. The standard InChI is InChI=1S/C27H45BN2O6/c1-19(20-13-15-21(16-14-20)28-35-26(8,9)27(10,11)36-28)30(23(32)34-25(5,6)7)18-12-17-29-22(31)33-24(2,3)4/h13-16,19H,12,17-18H2,1-11H3,(H,29,31). The summed E-state index contributed by atoms with van der Waals surface area (Å²) in [5, 5.41) is 2.74. The van der Waals surface area contributed by atoms with Crippen LogP contribution in [0.2, 0.25) is 0 Å². The number of ether oxygens (including phenoxy) is 2. The van der Waals surface area contributed by atoms with Gasteiger partial charge in [-0.3, -0.25) is 0 Å². The molecule has 1 aliphatic rings. The van der Waals surface area contributed by atoms with Gasteiger partial charge < -0.3 is 29.0 Å². The maximum Gasteiger partial charge on any atom is 0.494 e. The van der Waals surface area contributed by atoms with Crippen LogP contribution in [-0.4, -0.2) is 59.7 Å². The van der Waals surface area contributed by atoms with Gasteiger partial charge >= 0.3 is 19.3 Å². The Bertz CT molecular complexity index is 886. The largest absolute Gasteiger partial charge is 0.494 e. The number of amides is 2. The highest BCUT2D eigenvalue weighted by molar-refractivity contribution is 6.62. The Labute approximate surface area is 217 Å². The Kier molecular flexibility index (Phi) is 9.17. The van der Waals surface area contributed by atoms with Crippen molar-refractivity contribution in [3.8, 4) is 0 Å². The molecule has 8 nitrogen and oxygen atoms in total. The van der Waals surface area contributed by atoms with Gasteiger partial charge in [-0.1, -0.05) is 24.3 Å². The zero-order valence-corrected chi connectivity index (χ0v) is 24.0. The number of hydrogen-bond acceptors (Lipinski definition) is 6. The summed E-state index contributed by atoms with van der Waals surface area (Å²) in [6, 6.07) is 7.69. The van der Waals surface area contributed by atoms with Gasteiger partial charge in [-0.15, -0.1) is 0 Å². The number of nitrogens with zero attached hydrogens (tertiary/aromatic N) is 1. The van der Waals surface area contributed by atoms with Crippen LogP contribution in [-0.2, 0) is 18.8 Å². The van der Waals surface area contributed by atoms with Crippen LogP contribution in [0.25, 0.3) is 0 Å². The summed E-state index contributed by atoms with van der Waals surface area (Å²) < 4.78 is 23.3. The predicted octanol–water partition coefficient (Wildman–Crippen LogP) is 5.20. The molecular formula is C27H45BN2O6. The van der Waals surface area contributed by atoms with Crippen molar-refractivity contribution in [3.63, 3.8) is 0 Å². The second-order valence-corrected chi connectivity index (χ2v) is 12.4. The second kappa shape index (κ2) is 11.0. The average molecular weight is 504 g/mol. The van der Waals surface area contributed by atoms with Crippen LogP contribution in [0.3, 0.4) is 0 Å². The van der Waals surface area contributed by atoms with Crippen molar-refractivity contribution in [2.45, 2.75) is 111 Å². The minimum absolute atomic E-state index is 0.242.